The van der Waals surface area contributed by atoms with Gasteiger partial charge in [0.2, 0.25) is 0 Å². The second-order valence-corrected chi connectivity index (χ2v) is 5.93. The van der Waals surface area contributed by atoms with Gasteiger partial charge in [-0.05, 0) is 26.7 Å². The lowest BCUT2D eigenvalue weighted by Gasteiger charge is -2.32. The molecule has 1 saturated heterocycles. The number of hydrogen-bond acceptors (Lipinski definition) is 7. The van der Waals surface area contributed by atoms with E-state index in [1.54, 1.807) is 13.8 Å². The standard InChI is InChI=1S/C15H22N2O5/c1-3-20-11(18)9-14(13(19)21-4-2)10-17-7-8-22-15(5-6-15)12(17)16-14/h3-10H2,1-2H3. The van der Waals surface area contributed by atoms with Gasteiger partial charge in [-0.25, -0.2) is 9.79 Å². The summed E-state index contributed by atoms with van der Waals surface area (Å²) in [5, 5.41) is 0. The Morgan fingerprint density at radius 2 is 2.00 bits per heavy atom. The first-order valence-corrected chi connectivity index (χ1v) is 7.87. The van der Waals surface area contributed by atoms with Crippen molar-refractivity contribution >= 4 is 17.8 Å². The summed E-state index contributed by atoms with van der Waals surface area (Å²) in [5.74, 6) is -0.0811. The van der Waals surface area contributed by atoms with Crippen LogP contribution in [0.4, 0.5) is 0 Å². The largest absolute Gasteiger partial charge is 0.466 e. The predicted molar refractivity (Wildman–Crippen MR) is 77.5 cm³/mol. The average Bonchev–Trinajstić information content (AvgIpc) is 3.12. The fourth-order valence-corrected chi connectivity index (χ4v) is 3.17. The van der Waals surface area contributed by atoms with E-state index < -0.39 is 17.5 Å². The van der Waals surface area contributed by atoms with E-state index in [-0.39, 0.29) is 25.2 Å². The molecule has 1 atom stereocenters. The van der Waals surface area contributed by atoms with E-state index in [1.807, 2.05) is 0 Å². The highest BCUT2D eigenvalue weighted by Crippen LogP contribution is 2.47. The van der Waals surface area contributed by atoms with Gasteiger partial charge >= 0.3 is 11.9 Å². The maximum absolute atomic E-state index is 12.5. The van der Waals surface area contributed by atoms with Crippen LogP contribution < -0.4 is 0 Å². The molecular formula is C15H22N2O5. The Morgan fingerprint density at radius 1 is 1.27 bits per heavy atom. The minimum atomic E-state index is -1.19. The lowest BCUT2D eigenvalue weighted by atomic mass is 9.96. The van der Waals surface area contributed by atoms with Crippen molar-refractivity contribution in [3.8, 4) is 0 Å². The number of carbonyl (C=O) groups excluding carboxylic acids is 2. The first-order valence-electron chi connectivity index (χ1n) is 7.87. The molecule has 0 aromatic heterocycles. The number of carbonyl (C=O) groups is 2. The first-order chi connectivity index (χ1) is 10.6. The van der Waals surface area contributed by atoms with Crippen LogP contribution in [-0.2, 0) is 23.8 Å². The molecular weight excluding hydrogens is 288 g/mol. The molecule has 2 fully saturated rings. The molecule has 0 aromatic rings. The molecule has 3 rings (SSSR count). The van der Waals surface area contributed by atoms with Gasteiger partial charge < -0.3 is 19.1 Å². The number of esters is 2. The number of hydrogen-bond donors (Lipinski definition) is 0. The highest BCUT2D eigenvalue weighted by atomic mass is 16.5. The lowest BCUT2D eigenvalue weighted by molar-refractivity contribution is -0.156. The van der Waals surface area contributed by atoms with Crippen LogP contribution in [0.3, 0.4) is 0 Å². The van der Waals surface area contributed by atoms with Crippen molar-refractivity contribution in [2.45, 2.75) is 44.2 Å². The summed E-state index contributed by atoms with van der Waals surface area (Å²) >= 11 is 0. The number of fused-ring (bicyclic) bond motifs is 2. The molecule has 1 aliphatic carbocycles. The van der Waals surface area contributed by atoms with Crippen LogP contribution in [0.5, 0.6) is 0 Å². The van der Waals surface area contributed by atoms with Crippen molar-refractivity contribution in [2.24, 2.45) is 4.99 Å². The summed E-state index contributed by atoms with van der Waals surface area (Å²) in [6.07, 6.45) is 1.75. The second-order valence-electron chi connectivity index (χ2n) is 5.93. The number of amidine groups is 1. The van der Waals surface area contributed by atoms with Crippen LogP contribution in [-0.4, -0.2) is 66.7 Å². The first kappa shape index (κ1) is 15.3. The zero-order chi connectivity index (χ0) is 15.8. The van der Waals surface area contributed by atoms with Crippen LogP contribution in [0.2, 0.25) is 0 Å². The molecule has 7 heteroatoms. The third kappa shape index (κ3) is 2.47. The topological polar surface area (TPSA) is 77.4 Å². The average molecular weight is 310 g/mol. The summed E-state index contributed by atoms with van der Waals surface area (Å²) < 4.78 is 16.0. The van der Waals surface area contributed by atoms with Gasteiger partial charge in [-0.1, -0.05) is 0 Å². The van der Waals surface area contributed by atoms with E-state index in [4.69, 9.17) is 14.2 Å². The molecule has 22 heavy (non-hydrogen) atoms. The van der Waals surface area contributed by atoms with Gasteiger partial charge in [-0.15, -0.1) is 0 Å². The molecule has 2 heterocycles. The van der Waals surface area contributed by atoms with E-state index in [0.717, 1.165) is 18.7 Å². The number of rotatable bonds is 5. The van der Waals surface area contributed by atoms with E-state index in [0.29, 0.717) is 19.7 Å². The Kier molecular flexibility index (Phi) is 3.84. The number of ether oxygens (including phenoxy) is 3. The number of nitrogens with zero attached hydrogens (tertiary/aromatic N) is 2. The normalized spacial score (nSPS) is 28.1. The van der Waals surface area contributed by atoms with Crippen LogP contribution in [0, 0.1) is 0 Å². The summed E-state index contributed by atoms with van der Waals surface area (Å²) in [7, 11) is 0. The Hall–Kier alpha value is -1.63. The lowest BCUT2D eigenvalue weighted by Crippen LogP contribution is -2.50. The van der Waals surface area contributed by atoms with E-state index >= 15 is 0 Å². The molecule has 0 radical (unpaired) electrons. The fourth-order valence-electron chi connectivity index (χ4n) is 3.17. The van der Waals surface area contributed by atoms with Crippen molar-refractivity contribution in [1.29, 1.82) is 0 Å². The molecule has 0 bridgehead atoms. The Labute approximate surface area is 129 Å². The molecule has 122 valence electrons. The zero-order valence-electron chi connectivity index (χ0n) is 13.1. The number of morpholine rings is 1. The molecule has 0 amide bonds. The van der Waals surface area contributed by atoms with E-state index in [2.05, 4.69) is 9.89 Å². The predicted octanol–water partition coefficient (Wildman–Crippen LogP) is 0.518. The quantitative estimate of drug-likeness (QED) is 0.689. The molecule has 2 aliphatic heterocycles. The maximum atomic E-state index is 12.5. The van der Waals surface area contributed by atoms with Crippen LogP contribution in [0.25, 0.3) is 0 Å². The van der Waals surface area contributed by atoms with Gasteiger partial charge in [0.1, 0.15) is 11.4 Å². The molecule has 1 unspecified atom stereocenters. The van der Waals surface area contributed by atoms with E-state index in [1.165, 1.54) is 0 Å². The zero-order valence-corrected chi connectivity index (χ0v) is 13.1. The Balaban J connectivity index is 1.88. The highest BCUT2D eigenvalue weighted by Gasteiger charge is 2.60. The van der Waals surface area contributed by atoms with Crippen LogP contribution in [0.1, 0.15) is 33.1 Å². The smallest absolute Gasteiger partial charge is 0.336 e. The van der Waals surface area contributed by atoms with Gasteiger partial charge in [-0.2, -0.15) is 0 Å². The fraction of sp³-hybridized carbons (Fsp3) is 0.800. The third-order valence-electron chi connectivity index (χ3n) is 4.32. The van der Waals surface area contributed by atoms with Crippen molar-refractivity contribution in [3.63, 3.8) is 0 Å². The van der Waals surface area contributed by atoms with Crippen molar-refractivity contribution in [3.05, 3.63) is 0 Å². The van der Waals surface area contributed by atoms with Crippen molar-refractivity contribution < 1.29 is 23.8 Å². The second kappa shape index (κ2) is 5.53. The summed E-state index contributed by atoms with van der Waals surface area (Å²) in [6, 6.07) is 0. The SMILES string of the molecule is CCOC(=O)CC1(C(=O)OCC)CN2CCOC3(CC3)C2=N1. The van der Waals surface area contributed by atoms with Crippen LogP contribution in [0.15, 0.2) is 4.99 Å². The third-order valence-corrected chi connectivity index (χ3v) is 4.32. The minimum Gasteiger partial charge on any atom is -0.466 e. The van der Waals surface area contributed by atoms with Crippen molar-refractivity contribution in [2.75, 3.05) is 32.9 Å². The summed E-state index contributed by atoms with van der Waals surface area (Å²) in [6.45, 7) is 5.70. The maximum Gasteiger partial charge on any atom is 0.336 e. The monoisotopic (exact) mass is 310 g/mol. The molecule has 3 aliphatic rings. The molecule has 1 saturated carbocycles. The highest BCUT2D eigenvalue weighted by molar-refractivity contribution is 6.01. The Bertz CT molecular complexity index is 514. The molecule has 0 N–H and O–H groups in total. The van der Waals surface area contributed by atoms with Crippen molar-refractivity contribution in [1.82, 2.24) is 4.90 Å². The van der Waals surface area contributed by atoms with E-state index in [9.17, 15) is 9.59 Å². The summed E-state index contributed by atoms with van der Waals surface area (Å²) in [5.41, 5.74) is -1.53. The molecule has 0 aromatic carbocycles. The Morgan fingerprint density at radius 3 is 2.64 bits per heavy atom. The van der Waals surface area contributed by atoms with Gasteiger partial charge in [-0.3, -0.25) is 4.79 Å². The number of aliphatic imine (C=N–C) groups is 1. The van der Waals surface area contributed by atoms with Gasteiger partial charge in [0.25, 0.3) is 0 Å². The molecule has 7 nitrogen and oxygen atoms in total. The minimum absolute atomic E-state index is 0.0875. The van der Waals surface area contributed by atoms with Crippen LogP contribution >= 0.6 is 0 Å². The molecule has 1 spiro atoms. The van der Waals surface area contributed by atoms with Gasteiger partial charge in [0.05, 0.1) is 32.8 Å². The van der Waals surface area contributed by atoms with Gasteiger partial charge in [0, 0.05) is 6.54 Å². The van der Waals surface area contributed by atoms with Gasteiger partial charge in [0.15, 0.2) is 5.54 Å². The summed E-state index contributed by atoms with van der Waals surface area (Å²) in [4.78, 5) is 31.1.